The molecule has 0 radical (unpaired) electrons. The lowest BCUT2D eigenvalue weighted by Crippen LogP contribution is -2.35. The Morgan fingerprint density at radius 3 is 1.71 bits per heavy atom. The third-order valence-electron chi connectivity index (χ3n) is 9.68. The van der Waals surface area contributed by atoms with Crippen LogP contribution in [0, 0.1) is 0 Å². The standard InChI is InChI=1S/C20H20Cl2N4O.C14H17ClN4O.C11H13BCl2O2/c1-27-12-6-11-17-24-20(23-13-14-7-3-2-4-8-14)19(26-25-17)15-9-5-10-16(21)18(15)22;1-20-9-5-8-12-17-14(13(15)19-18-12)16-10-11-6-3-2-4-7-11;1-7-11(2,3)16-12(15-7)8-5-4-6-9(13)10(8)14/h2-5,7-10H,6,11-13H2,1H3,(H,23,24,25);2-4,6-7H,5,8-10H2,1H3,(H,16,17,18);4-7H,1-3H3. The van der Waals surface area contributed by atoms with Crippen LogP contribution in [0.4, 0.5) is 11.6 Å². The van der Waals surface area contributed by atoms with Crippen molar-refractivity contribution in [1.82, 2.24) is 30.4 Å². The highest BCUT2D eigenvalue weighted by Gasteiger charge is 2.44. The number of nitrogens with one attached hydrogen (secondary N) is 2. The van der Waals surface area contributed by atoms with E-state index in [1.165, 1.54) is 0 Å². The van der Waals surface area contributed by atoms with Crippen molar-refractivity contribution in [2.75, 3.05) is 38.1 Å². The molecular weight excluding hydrogens is 905 g/mol. The fourth-order valence-electron chi connectivity index (χ4n) is 5.92. The predicted octanol–water partition coefficient (Wildman–Crippen LogP) is 10.7. The Morgan fingerprint density at radius 1 is 0.635 bits per heavy atom. The number of rotatable bonds is 16. The van der Waals surface area contributed by atoms with Crippen LogP contribution in [0.25, 0.3) is 11.3 Å². The number of nitrogens with zero attached hydrogens (tertiary/aromatic N) is 6. The van der Waals surface area contributed by atoms with Gasteiger partial charge in [0, 0.05) is 64.4 Å². The van der Waals surface area contributed by atoms with Crippen LogP contribution in [0.2, 0.25) is 25.2 Å². The minimum Gasteiger partial charge on any atom is -0.402 e. The number of aryl methyl sites for hydroxylation is 2. The summed E-state index contributed by atoms with van der Waals surface area (Å²) < 4.78 is 21.7. The van der Waals surface area contributed by atoms with Crippen molar-refractivity contribution < 1.29 is 18.8 Å². The summed E-state index contributed by atoms with van der Waals surface area (Å²) in [5.74, 6) is 2.52. The van der Waals surface area contributed by atoms with E-state index in [0.717, 1.165) is 35.9 Å². The molecule has 2 N–H and O–H groups in total. The van der Waals surface area contributed by atoms with Crippen LogP contribution < -0.4 is 16.1 Å². The van der Waals surface area contributed by atoms with E-state index < -0.39 is 7.12 Å². The van der Waals surface area contributed by atoms with Gasteiger partial charge in [-0.25, -0.2) is 9.97 Å². The Hall–Kier alpha value is -4.15. The second kappa shape index (κ2) is 25.4. The largest absolute Gasteiger partial charge is 0.496 e. The minimum atomic E-state index is -0.434. The molecule has 4 aromatic carbocycles. The molecule has 1 fully saturated rings. The summed E-state index contributed by atoms with van der Waals surface area (Å²) in [4.78, 5) is 9.05. The van der Waals surface area contributed by atoms with Gasteiger partial charge in [-0.3, -0.25) is 0 Å². The second-order valence-corrected chi connectivity index (χ2v) is 16.7. The van der Waals surface area contributed by atoms with E-state index in [1.54, 1.807) is 26.4 Å². The number of ether oxygens (including phenoxy) is 2. The summed E-state index contributed by atoms with van der Waals surface area (Å²) in [5.41, 5.74) is 4.04. The van der Waals surface area contributed by atoms with Crippen LogP contribution in [-0.2, 0) is 44.7 Å². The zero-order chi connectivity index (χ0) is 45.2. The average molecular weight is 955 g/mol. The van der Waals surface area contributed by atoms with Crippen molar-refractivity contribution in [1.29, 1.82) is 0 Å². The monoisotopic (exact) mass is 952 g/mol. The van der Waals surface area contributed by atoms with E-state index in [2.05, 4.69) is 41.0 Å². The van der Waals surface area contributed by atoms with Gasteiger partial charge in [0.25, 0.3) is 0 Å². The molecular formula is C45H50BCl5N8O4. The Morgan fingerprint density at radius 2 is 1.16 bits per heavy atom. The number of aromatic nitrogens is 6. The normalized spacial score (nSPS) is 14.0. The summed E-state index contributed by atoms with van der Waals surface area (Å²) in [5, 5.41) is 25.3. The first-order valence-corrected chi connectivity index (χ1v) is 22.2. The van der Waals surface area contributed by atoms with Gasteiger partial charge in [-0.1, -0.05) is 143 Å². The molecule has 7 rings (SSSR count). The van der Waals surface area contributed by atoms with Crippen LogP contribution in [0.5, 0.6) is 0 Å². The highest BCUT2D eigenvalue weighted by atomic mass is 35.5. The smallest absolute Gasteiger partial charge is 0.402 e. The lowest BCUT2D eigenvalue weighted by molar-refractivity contribution is 0.0842. The van der Waals surface area contributed by atoms with E-state index >= 15 is 0 Å². The Kier molecular flexibility index (Phi) is 20.1. The molecule has 0 saturated carbocycles. The molecule has 1 saturated heterocycles. The fourth-order valence-corrected chi connectivity index (χ4v) is 6.86. The van der Waals surface area contributed by atoms with Gasteiger partial charge >= 0.3 is 7.12 Å². The molecule has 12 nitrogen and oxygen atoms in total. The molecule has 0 bridgehead atoms. The van der Waals surface area contributed by atoms with Crippen LogP contribution in [-0.4, -0.2) is 76.6 Å². The fraction of sp³-hybridized carbons (Fsp3) is 0.333. The predicted molar refractivity (Wildman–Crippen MR) is 256 cm³/mol. The van der Waals surface area contributed by atoms with Crippen molar-refractivity contribution in [3.63, 3.8) is 0 Å². The van der Waals surface area contributed by atoms with E-state index in [4.69, 9.17) is 76.8 Å². The molecule has 6 aromatic rings. The van der Waals surface area contributed by atoms with Crippen molar-refractivity contribution in [2.45, 2.75) is 71.2 Å². The van der Waals surface area contributed by atoms with Crippen molar-refractivity contribution in [2.24, 2.45) is 0 Å². The molecule has 0 spiro atoms. The van der Waals surface area contributed by atoms with Gasteiger partial charge in [0.2, 0.25) is 0 Å². The first-order chi connectivity index (χ1) is 30.4. The molecule has 18 heteroatoms. The van der Waals surface area contributed by atoms with Gasteiger partial charge in [0.15, 0.2) is 28.4 Å². The zero-order valence-corrected chi connectivity index (χ0v) is 39.5. The van der Waals surface area contributed by atoms with E-state index in [-0.39, 0.29) is 16.9 Å². The van der Waals surface area contributed by atoms with Gasteiger partial charge in [-0.15, -0.1) is 20.4 Å². The Bertz CT molecular complexity index is 2340. The van der Waals surface area contributed by atoms with Gasteiger partial charge in [-0.05, 0) is 56.9 Å². The average Bonchev–Trinajstić information content (AvgIpc) is 3.57. The maximum absolute atomic E-state index is 6.39. The Labute approximate surface area is 394 Å². The maximum atomic E-state index is 6.39. The number of anilines is 2. The summed E-state index contributed by atoms with van der Waals surface area (Å²) in [7, 11) is 2.92. The highest BCUT2D eigenvalue weighted by molar-refractivity contribution is 6.66. The molecule has 3 heterocycles. The third-order valence-corrected chi connectivity index (χ3v) is 11.6. The summed E-state index contributed by atoms with van der Waals surface area (Å²) >= 11 is 30.6. The van der Waals surface area contributed by atoms with E-state index in [1.807, 2.05) is 106 Å². The molecule has 0 aliphatic carbocycles. The molecule has 0 amide bonds. The summed E-state index contributed by atoms with van der Waals surface area (Å²) in [6, 6.07) is 31.0. The SMILES string of the molecule is CC1OB(c2cccc(Cl)c2Cl)OC1(C)C.COCCCc1nnc(-c2cccc(Cl)c2Cl)c(NCc2ccccc2)n1.COCCCc1nnc(Cl)c(NCc2ccccc2)n1. The lowest BCUT2D eigenvalue weighted by Gasteiger charge is -2.21. The van der Waals surface area contributed by atoms with Gasteiger partial charge < -0.3 is 29.4 Å². The van der Waals surface area contributed by atoms with Crippen LogP contribution >= 0.6 is 58.0 Å². The zero-order valence-electron chi connectivity index (χ0n) is 35.8. The van der Waals surface area contributed by atoms with Crippen LogP contribution in [0.15, 0.2) is 97.1 Å². The van der Waals surface area contributed by atoms with Crippen LogP contribution in [0.3, 0.4) is 0 Å². The number of methoxy groups -OCH3 is 2. The van der Waals surface area contributed by atoms with Crippen molar-refractivity contribution in [3.8, 4) is 11.3 Å². The summed E-state index contributed by atoms with van der Waals surface area (Å²) in [6.07, 6.45) is 3.11. The second-order valence-electron chi connectivity index (χ2n) is 14.7. The molecule has 1 unspecified atom stereocenters. The quantitative estimate of drug-likeness (QED) is 0.0705. The maximum Gasteiger partial charge on any atom is 0.496 e. The number of halogens is 5. The van der Waals surface area contributed by atoms with E-state index in [0.29, 0.717) is 87.4 Å². The molecule has 1 atom stereocenters. The number of hydrogen-bond acceptors (Lipinski definition) is 12. The van der Waals surface area contributed by atoms with Crippen LogP contribution in [0.1, 0.15) is 56.4 Å². The van der Waals surface area contributed by atoms with Gasteiger partial charge in [0.1, 0.15) is 5.69 Å². The Balaban J connectivity index is 0.000000185. The number of benzene rings is 4. The number of hydrogen-bond donors (Lipinski definition) is 2. The molecule has 332 valence electrons. The molecule has 1 aliphatic rings. The summed E-state index contributed by atoms with van der Waals surface area (Å²) in [6.45, 7) is 8.57. The first-order valence-electron chi connectivity index (χ1n) is 20.3. The topological polar surface area (TPSA) is 138 Å². The van der Waals surface area contributed by atoms with E-state index in [9.17, 15) is 0 Å². The van der Waals surface area contributed by atoms with Crippen molar-refractivity contribution in [3.05, 3.63) is 145 Å². The molecule has 63 heavy (non-hydrogen) atoms. The molecule has 2 aromatic heterocycles. The lowest BCUT2D eigenvalue weighted by atomic mass is 9.79. The highest BCUT2D eigenvalue weighted by Crippen LogP contribution is 2.35. The van der Waals surface area contributed by atoms with Crippen molar-refractivity contribution >= 4 is 82.2 Å². The van der Waals surface area contributed by atoms with Gasteiger partial charge in [-0.2, -0.15) is 0 Å². The minimum absolute atomic E-state index is 0.0209. The van der Waals surface area contributed by atoms with Gasteiger partial charge in [0.05, 0.1) is 31.8 Å². The third kappa shape index (κ3) is 15.2. The molecule has 1 aliphatic heterocycles. The first kappa shape index (κ1) is 49.9.